The van der Waals surface area contributed by atoms with E-state index in [1.54, 1.807) is 4.90 Å². The Labute approximate surface area is 180 Å². The van der Waals surface area contributed by atoms with Crippen LogP contribution in [0.1, 0.15) is 19.4 Å². The average Bonchev–Trinajstić information content (AvgIpc) is 3.26. The van der Waals surface area contributed by atoms with Crippen molar-refractivity contribution in [2.75, 3.05) is 6.54 Å². The molecule has 29 heavy (non-hydrogen) atoms. The number of benzene rings is 2. The number of para-hydroxylation sites is 1. The van der Waals surface area contributed by atoms with Crippen LogP contribution in [-0.4, -0.2) is 31.5 Å². The highest BCUT2D eigenvalue weighted by atomic mass is 32.2. The van der Waals surface area contributed by atoms with E-state index in [1.807, 2.05) is 77.6 Å². The number of carbonyl (C=O) groups excluding carboxylic acids is 1. The lowest BCUT2D eigenvalue weighted by Crippen LogP contribution is -2.31. The summed E-state index contributed by atoms with van der Waals surface area (Å²) in [6.45, 7) is 4.80. The largest absolute Gasteiger partial charge is 0.293 e. The van der Waals surface area contributed by atoms with E-state index in [4.69, 9.17) is 17.3 Å². The molecule has 0 atom stereocenters. The van der Waals surface area contributed by atoms with Crippen LogP contribution in [0.15, 0.2) is 71.8 Å². The molecule has 0 aliphatic carbocycles. The summed E-state index contributed by atoms with van der Waals surface area (Å²) in [6, 6.07) is 20.0. The first-order valence-electron chi connectivity index (χ1n) is 9.49. The van der Waals surface area contributed by atoms with Gasteiger partial charge in [-0.15, -0.1) is 0 Å². The van der Waals surface area contributed by atoms with Crippen molar-refractivity contribution in [1.29, 1.82) is 0 Å². The summed E-state index contributed by atoms with van der Waals surface area (Å²) in [5.74, 6) is 0.331. The van der Waals surface area contributed by atoms with Gasteiger partial charge in [0.15, 0.2) is 0 Å². The fraction of sp³-hybridized carbons (Fsp3) is 0.174. The third-order valence-corrected chi connectivity index (χ3v) is 5.90. The molecule has 0 saturated carbocycles. The highest BCUT2D eigenvalue weighted by Gasteiger charge is 2.32. The number of hydrogen-bond donors (Lipinski definition) is 0. The molecular formula is C23H21N3OS2. The van der Waals surface area contributed by atoms with Crippen LogP contribution in [0.5, 0.6) is 0 Å². The lowest BCUT2D eigenvalue weighted by Gasteiger charge is -2.16. The van der Waals surface area contributed by atoms with Gasteiger partial charge in [0, 0.05) is 23.9 Å². The molecule has 2 aromatic carbocycles. The molecule has 0 bridgehead atoms. The first kappa shape index (κ1) is 19.6. The second kappa shape index (κ2) is 8.35. The third-order valence-electron chi connectivity index (χ3n) is 4.52. The molecule has 1 aromatic heterocycles. The second-order valence-electron chi connectivity index (χ2n) is 7.27. The maximum atomic E-state index is 12.9. The highest BCUT2D eigenvalue weighted by Crippen LogP contribution is 2.35. The standard InChI is InChI=1S/C23H21N3OS2/c1-16(2)14-25-22(27)20(29-23(25)28)13-18-15-26(19-11-7-4-8-12-19)24-21(18)17-9-5-3-6-10-17/h3-13,15-16H,14H2,1-2H3. The quantitative estimate of drug-likeness (QED) is 0.410. The molecule has 1 amide bonds. The van der Waals surface area contributed by atoms with Gasteiger partial charge in [-0.25, -0.2) is 4.68 Å². The molecule has 0 unspecified atom stereocenters. The summed E-state index contributed by atoms with van der Waals surface area (Å²) in [6.07, 6.45) is 3.88. The van der Waals surface area contributed by atoms with E-state index in [1.165, 1.54) is 11.8 Å². The fourth-order valence-electron chi connectivity index (χ4n) is 3.19. The van der Waals surface area contributed by atoms with E-state index in [-0.39, 0.29) is 5.91 Å². The van der Waals surface area contributed by atoms with Crippen LogP contribution < -0.4 is 0 Å². The van der Waals surface area contributed by atoms with Gasteiger partial charge in [-0.05, 0) is 24.1 Å². The van der Waals surface area contributed by atoms with Gasteiger partial charge in [-0.2, -0.15) is 5.10 Å². The number of rotatable bonds is 5. The normalized spacial score (nSPS) is 15.7. The Morgan fingerprint density at radius 2 is 1.72 bits per heavy atom. The van der Waals surface area contributed by atoms with Gasteiger partial charge in [0.25, 0.3) is 5.91 Å². The summed E-state index contributed by atoms with van der Waals surface area (Å²) in [4.78, 5) is 15.2. The molecular weight excluding hydrogens is 398 g/mol. The van der Waals surface area contributed by atoms with E-state index in [0.717, 1.165) is 22.5 Å². The fourth-order valence-corrected chi connectivity index (χ4v) is 4.46. The average molecular weight is 420 g/mol. The lowest BCUT2D eigenvalue weighted by molar-refractivity contribution is -0.122. The monoisotopic (exact) mass is 419 g/mol. The first-order chi connectivity index (χ1) is 14.0. The molecule has 2 heterocycles. The van der Waals surface area contributed by atoms with E-state index in [2.05, 4.69) is 13.8 Å². The van der Waals surface area contributed by atoms with Crippen LogP contribution >= 0.6 is 24.0 Å². The minimum absolute atomic E-state index is 0.0276. The van der Waals surface area contributed by atoms with E-state index < -0.39 is 0 Å². The Kier molecular flexibility index (Phi) is 5.65. The Balaban J connectivity index is 1.77. The SMILES string of the molecule is CC(C)CN1C(=O)C(=Cc2cn(-c3ccccc3)nc2-c2ccccc2)SC1=S. The number of thioether (sulfide) groups is 1. The van der Waals surface area contributed by atoms with Crippen molar-refractivity contribution in [2.24, 2.45) is 5.92 Å². The topological polar surface area (TPSA) is 38.1 Å². The van der Waals surface area contributed by atoms with Crippen molar-refractivity contribution in [3.05, 3.63) is 77.3 Å². The summed E-state index contributed by atoms with van der Waals surface area (Å²) in [7, 11) is 0. The molecule has 0 N–H and O–H groups in total. The van der Waals surface area contributed by atoms with Gasteiger partial charge in [-0.3, -0.25) is 9.69 Å². The number of carbonyl (C=O) groups is 1. The zero-order valence-electron chi connectivity index (χ0n) is 16.3. The van der Waals surface area contributed by atoms with E-state index in [0.29, 0.717) is 21.7 Å². The molecule has 1 aliphatic rings. The Hall–Kier alpha value is -2.70. The molecule has 0 spiro atoms. The van der Waals surface area contributed by atoms with Crippen LogP contribution in [0.2, 0.25) is 0 Å². The van der Waals surface area contributed by atoms with Gasteiger partial charge in [0.1, 0.15) is 4.32 Å². The van der Waals surface area contributed by atoms with Crippen LogP contribution in [0.25, 0.3) is 23.0 Å². The van der Waals surface area contributed by atoms with Gasteiger partial charge in [-0.1, -0.05) is 86.4 Å². The zero-order chi connectivity index (χ0) is 20.4. The highest BCUT2D eigenvalue weighted by molar-refractivity contribution is 8.26. The number of hydrogen-bond acceptors (Lipinski definition) is 4. The minimum Gasteiger partial charge on any atom is -0.293 e. The molecule has 1 saturated heterocycles. The van der Waals surface area contributed by atoms with Crippen LogP contribution in [0.3, 0.4) is 0 Å². The van der Waals surface area contributed by atoms with Crippen molar-refractivity contribution < 1.29 is 4.79 Å². The number of thiocarbonyl (C=S) groups is 1. The maximum absolute atomic E-state index is 12.9. The molecule has 0 radical (unpaired) electrons. The molecule has 1 fully saturated rings. The molecule has 3 aromatic rings. The maximum Gasteiger partial charge on any atom is 0.266 e. The van der Waals surface area contributed by atoms with Gasteiger partial charge in [0.2, 0.25) is 0 Å². The Bertz CT molecular complexity index is 1070. The van der Waals surface area contributed by atoms with Crippen LogP contribution in [0.4, 0.5) is 0 Å². The van der Waals surface area contributed by atoms with Crippen molar-refractivity contribution in [2.45, 2.75) is 13.8 Å². The summed E-state index contributed by atoms with van der Waals surface area (Å²) < 4.78 is 2.47. The lowest BCUT2D eigenvalue weighted by atomic mass is 10.1. The summed E-state index contributed by atoms with van der Waals surface area (Å²) >= 11 is 6.80. The van der Waals surface area contributed by atoms with Crippen molar-refractivity contribution in [1.82, 2.24) is 14.7 Å². The molecule has 146 valence electrons. The zero-order valence-corrected chi connectivity index (χ0v) is 17.9. The molecule has 4 rings (SSSR count). The summed E-state index contributed by atoms with van der Waals surface area (Å²) in [5.41, 5.74) is 3.71. The minimum atomic E-state index is -0.0276. The third kappa shape index (κ3) is 4.18. The number of nitrogens with zero attached hydrogens (tertiary/aromatic N) is 3. The molecule has 4 nitrogen and oxygen atoms in total. The van der Waals surface area contributed by atoms with E-state index >= 15 is 0 Å². The van der Waals surface area contributed by atoms with Gasteiger partial charge >= 0.3 is 0 Å². The smallest absolute Gasteiger partial charge is 0.266 e. The number of amides is 1. The van der Waals surface area contributed by atoms with Gasteiger partial charge in [0.05, 0.1) is 16.3 Å². The Morgan fingerprint density at radius 1 is 1.07 bits per heavy atom. The van der Waals surface area contributed by atoms with Crippen LogP contribution in [0, 0.1) is 5.92 Å². The molecule has 1 aliphatic heterocycles. The first-order valence-corrected chi connectivity index (χ1v) is 10.7. The van der Waals surface area contributed by atoms with Crippen molar-refractivity contribution >= 4 is 40.3 Å². The second-order valence-corrected chi connectivity index (χ2v) is 8.94. The molecule has 6 heteroatoms. The predicted molar refractivity (Wildman–Crippen MR) is 124 cm³/mol. The summed E-state index contributed by atoms with van der Waals surface area (Å²) in [5, 5.41) is 4.81. The van der Waals surface area contributed by atoms with E-state index in [9.17, 15) is 4.79 Å². The Morgan fingerprint density at radius 3 is 2.38 bits per heavy atom. The number of aromatic nitrogens is 2. The van der Waals surface area contributed by atoms with Crippen molar-refractivity contribution in [3.63, 3.8) is 0 Å². The van der Waals surface area contributed by atoms with Crippen LogP contribution in [-0.2, 0) is 4.79 Å². The predicted octanol–water partition coefficient (Wildman–Crippen LogP) is 5.40. The van der Waals surface area contributed by atoms with Gasteiger partial charge < -0.3 is 0 Å². The van der Waals surface area contributed by atoms with Crippen molar-refractivity contribution in [3.8, 4) is 16.9 Å².